The van der Waals surface area contributed by atoms with Crippen molar-refractivity contribution in [3.63, 3.8) is 0 Å². The van der Waals surface area contributed by atoms with E-state index in [-0.39, 0.29) is 4.90 Å². The van der Waals surface area contributed by atoms with Gasteiger partial charge in [0.25, 0.3) is 0 Å². The van der Waals surface area contributed by atoms with Crippen molar-refractivity contribution in [1.29, 1.82) is 0 Å². The van der Waals surface area contributed by atoms with Gasteiger partial charge in [-0.15, -0.1) is 0 Å². The molecule has 2 aromatic rings. The molecule has 0 spiro atoms. The molecule has 1 unspecified atom stereocenters. The third-order valence-electron chi connectivity index (χ3n) is 2.96. The molecule has 0 fully saturated rings. The number of aliphatic hydroxyl groups is 1. The standard InChI is InChI=1S/C14H14ClNO3S/c1-20(18,19)12-4-2-10(3-5-12)14(17)8-11-6-7-16-9-13(11)15/h2-7,9,14,17H,8H2,1H3. The van der Waals surface area contributed by atoms with E-state index in [9.17, 15) is 13.5 Å². The fourth-order valence-electron chi connectivity index (χ4n) is 1.83. The van der Waals surface area contributed by atoms with Crippen LogP contribution in [0, 0.1) is 0 Å². The molecule has 1 heterocycles. The number of aliphatic hydroxyl groups excluding tert-OH is 1. The number of sulfone groups is 1. The second kappa shape index (κ2) is 5.91. The molecule has 0 saturated heterocycles. The van der Waals surface area contributed by atoms with Gasteiger partial charge in [0.1, 0.15) is 0 Å². The Bertz CT molecular complexity index is 699. The van der Waals surface area contributed by atoms with E-state index in [2.05, 4.69) is 4.98 Å². The second-order valence-electron chi connectivity index (χ2n) is 4.53. The highest BCUT2D eigenvalue weighted by Gasteiger charge is 2.12. The molecule has 1 atom stereocenters. The van der Waals surface area contributed by atoms with Crippen LogP contribution in [0.2, 0.25) is 5.02 Å². The predicted molar refractivity (Wildman–Crippen MR) is 77.5 cm³/mol. The van der Waals surface area contributed by atoms with E-state index < -0.39 is 15.9 Å². The lowest BCUT2D eigenvalue weighted by molar-refractivity contribution is 0.178. The normalized spacial score (nSPS) is 13.2. The molecule has 1 N–H and O–H groups in total. The van der Waals surface area contributed by atoms with Crippen molar-refractivity contribution in [2.45, 2.75) is 17.4 Å². The largest absolute Gasteiger partial charge is 0.388 e. The molecule has 0 amide bonds. The van der Waals surface area contributed by atoms with Crippen LogP contribution >= 0.6 is 11.6 Å². The summed E-state index contributed by atoms with van der Waals surface area (Å²) < 4.78 is 22.7. The van der Waals surface area contributed by atoms with Crippen LogP contribution in [0.25, 0.3) is 0 Å². The van der Waals surface area contributed by atoms with E-state index in [1.54, 1.807) is 24.4 Å². The number of hydrogen-bond donors (Lipinski definition) is 1. The van der Waals surface area contributed by atoms with Crippen LogP contribution in [0.5, 0.6) is 0 Å². The Morgan fingerprint density at radius 1 is 1.25 bits per heavy atom. The summed E-state index contributed by atoms with van der Waals surface area (Å²) in [6, 6.07) is 7.94. The third kappa shape index (κ3) is 3.56. The first-order valence-electron chi connectivity index (χ1n) is 5.94. The average molecular weight is 312 g/mol. The minimum atomic E-state index is -3.22. The highest BCUT2D eigenvalue weighted by atomic mass is 35.5. The van der Waals surface area contributed by atoms with E-state index in [4.69, 9.17) is 11.6 Å². The van der Waals surface area contributed by atoms with Gasteiger partial charge >= 0.3 is 0 Å². The molecule has 106 valence electrons. The third-order valence-corrected chi connectivity index (χ3v) is 4.43. The zero-order valence-electron chi connectivity index (χ0n) is 10.8. The maximum Gasteiger partial charge on any atom is 0.175 e. The number of pyridine rings is 1. The first kappa shape index (κ1) is 15.0. The summed E-state index contributed by atoms with van der Waals surface area (Å²) in [5.41, 5.74) is 1.44. The van der Waals surface area contributed by atoms with Crippen molar-refractivity contribution in [2.75, 3.05) is 6.26 Å². The zero-order valence-corrected chi connectivity index (χ0v) is 12.4. The van der Waals surface area contributed by atoms with E-state index in [0.29, 0.717) is 17.0 Å². The van der Waals surface area contributed by atoms with Crippen LogP contribution in [0.3, 0.4) is 0 Å². The SMILES string of the molecule is CS(=O)(=O)c1ccc(C(O)Cc2ccncc2Cl)cc1. The molecular formula is C14H14ClNO3S. The number of nitrogens with zero attached hydrogens (tertiary/aromatic N) is 1. The molecule has 0 radical (unpaired) electrons. The Morgan fingerprint density at radius 3 is 2.45 bits per heavy atom. The van der Waals surface area contributed by atoms with Crippen molar-refractivity contribution >= 4 is 21.4 Å². The summed E-state index contributed by atoms with van der Waals surface area (Å²) in [5, 5.41) is 10.7. The molecular weight excluding hydrogens is 298 g/mol. The van der Waals surface area contributed by atoms with Gasteiger partial charge in [-0.3, -0.25) is 4.98 Å². The Labute approximate surface area is 123 Å². The average Bonchev–Trinajstić information content (AvgIpc) is 2.40. The number of halogens is 1. The van der Waals surface area contributed by atoms with Crippen molar-refractivity contribution < 1.29 is 13.5 Å². The lowest BCUT2D eigenvalue weighted by Gasteiger charge is -2.12. The highest BCUT2D eigenvalue weighted by molar-refractivity contribution is 7.90. The molecule has 0 saturated carbocycles. The fourth-order valence-corrected chi connectivity index (χ4v) is 2.66. The van der Waals surface area contributed by atoms with Gasteiger partial charge in [-0.05, 0) is 29.3 Å². The Morgan fingerprint density at radius 2 is 1.90 bits per heavy atom. The van der Waals surface area contributed by atoms with Gasteiger partial charge in [-0.2, -0.15) is 0 Å². The first-order chi connectivity index (χ1) is 9.38. The van der Waals surface area contributed by atoms with Gasteiger partial charge in [0, 0.05) is 25.1 Å². The number of aromatic nitrogens is 1. The first-order valence-corrected chi connectivity index (χ1v) is 8.21. The highest BCUT2D eigenvalue weighted by Crippen LogP contribution is 2.23. The van der Waals surface area contributed by atoms with Gasteiger partial charge in [-0.1, -0.05) is 23.7 Å². The van der Waals surface area contributed by atoms with E-state index in [0.717, 1.165) is 11.8 Å². The summed E-state index contributed by atoms with van der Waals surface area (Å²) in [6.45, 7) is 0. The van der Waals surface area contributed by atoms with Gasteiger partial charge in [0.2, 0.25) is 0 Å². The van der Waals surface area contributed by atoms with Crippen molar-refractivity contribution in [3.05, 3.63) is 58.9 Å². The minimum absolute atomic E-state index is 0.232. The monoisotopic (exact) mass is 311 g/mol. The molecule has 0 aliphatic rings. The van der Waals surface area contributed by atoms with Crippen molar-refractivity contribution in [1.82, 2.24) is 4.98 Å². The Kier molecular flexibility index (Phi) is 4.42. The van der Waals surface area contributed by atoms with Crippen molar-refractivity contribution in [3.8, 4) is 0 Å². The molecule has 6 heteroatoms. The fraction of sp³-hybridized carbons (Fsp3) is 0.214. The summed E-state index contributed by atoms with van der Waals surface area (Å²) in [5.74, 6) is 0. The summed E-state index contributed by atoms with van der Waals surface area (Å²) in [4.78, 5) is 4.12. The van der Waals surface area contributed by atoms with Crippen LogP contribution in [-0.4, -0.2) is 24.8 Å². The quantitative estimate of drug-likeness (QED) is 0.941. The number of hydrogen-bond acceptors (Lipinski definition) is 4. The van der Waals surface area contributed by atoms with Gasteiger partial charge in [0.15, 0.2) is 9.84 Å². The van der Waals surface area contributed by atoms with E-state index in [1.165, 1.54) is 18.3 Å². The molecule has 1 aromatic carbocycles. The van der Waals surface area contributed by atoms with Crippen LogP contribution in [0.1, 0.15) is 17.2 Å². The smallest absolute Gasteiger partial charge is 0.175 e. The summed E-state index contributed by atoms with van der Waals surface area (Å²) >= 11 is 5.99. The second-order valence-corrected chi connectivity index (χ2v) is 6.95. The maximum atomic E-state index is 11.4. The van der Waals surface area contributed by atoms with E-state index in [1.807, 2.05) is 0 Å². The van der Waals surface area contributed by atoms with Crippen LogP contribution in [0.4, 0.5) is 0 Å². The van der Waals surface area contributed by atoms with Crippen LogP contribution < -0.4 is 0 Å². The van der Waals surface area contributed by atoms with Crippen LogP contribution in [-0.2, 0) is 16.3 Å². The molecule has 2 rings (SSSR count). The number of rotatable bonds is 4. The predicted octanol–water partition coefficient (Wildman–Crippen LogP) is 2.41. The molecule has 4 nitrogen and oxygen atoms in total. The summed E-state index contributed by atoms with van der Waals surface area (Å²) in [6.07, 6.45) is 3.88. The topological polar surface area (TPSA) is 67.3 Å². The van der Waals surface area contributed by atoms with Gasteiger partial charge in [-0.25, -0.2) is 8.42 Å². The maximum absolute atomic E-state index is 11.4. The lowest BCUT2D eigenvalue weighted by atomic mass is 10.0. The zero-order chi connectivity index (χ0) is 14.8. The van der Waals surface area contributed by atoms with Crippen molar-refractivity contribution in [2.24, 2.45) is 0 Å². The molecule has 0 aliphatic heterocycles. The van der Waals surface area contributed by atoms with Gasteiger partial charge < -0.3 is 5.11 Å². The Hall–Kier alpha value is -1.43. The number of benzene rings is 1. The molecule has 0 aliphatic carbocycles. The minimum Gasteiger partial charge on any atom is -0.388 e. The molecule has 1 aromatic heterocycles. The van der Waals surface area contributed by atoms with E-state index >= 15 is 0 Å². The molecule has 0 bridgehead atoms. The molecule has 20 heavy (non-hydrogen) atoms. The van der Waals surface area contributed by atoms with Gasteiger partial charge in [0.05, 0.1) is 16.0 Å². The van der Waals surface area contributed by atoms with Crippen LogP contribution in [0.15, 0.2) is 47.6 Å². The summed E-state index contributed by atoms with van der Waals surface area (Å²) in [7, 11) is -3.22. The Balaban J connectivity index is 2.18. The lowest BCUT2D eigenvalue weighted by Crippen LogP contribution is -2.03.